The number of carbonyl (C=O) groups is 3. The zero-order chi connectivity index (χ0) is 22.8. The second-order valence-corrected chi connectivity index (χ2v) is 9.67. The summed E-state index contributed by atoms with van der Waals surface area (Å²) >= 11 is 0. The molecule has 0 bridgehead atoms. The fraction of sp³-hybridized carbons (Fsp3) is 0.773. The summed E-state index contributed by atoms with van der Waals surface area (Å²) in [5.41, 5.74) is -0.446. The van der Waals surface area contributed by atoms with Gasteiger partial charge < -0.3 is 19.2 Å². The standard InChI is InChI=1S/C22H35N5O4/c1-6-19-23-18(24-31-19)14-27(15(2)28)17-9-11-25(13-17)20(29)16-8-7-10-26(12-16)21(30)22(3,4)5/h16-17H,6-14H2,1-5H3/t16-,17+/m0/s1. The number of aromatic nitrogens is 2. The first-order valence-corrected chi connectivity index (χ1v) is 11.3. The number of rotatable bonds is 5. The Labute approximate surface area is 184 Å². The molecule has 9 heteroatoms. The summed E-state index contributed by atoms with van der Waals surface area (Å²) in [7, 11) is 0. The fourth-order valence-corrected chi connectivity index (χ4v) is 4.44. The summed E-state index contributed by atoms with van der Waals surface area (Å²) in [6, 6.07) is -0.0686. The molecule has 3 heterocycles. The third-order valence-corrected chi connectivity index (χ3v) is 6.14. The van der Waals surface area contributed by atoms with Crippen LogP contribution in [-0.2, 0) is 27.3 Å². The van der Waals surface area contributed by atoms with Crippen LogP contribution in [0, 0.1) is 11.3 Å². The Morgan fingerprint density at radius 1 is 1.13 bits per heavy atom. The molecule has 0 N–H and O–H groups in total. The van der Waals surface area contributed by atoms with Gasteiger partial charge in [0.05, 0.1) is 18.5 Å². The topological polar surface area (TPSA) is 99.9 Å². The molecule has 0 aromatic carbocycles. The minimum absolute atomic E-state index is 0.0678. The molecule has 1 aromatic heterocycles. The van der Waals surface area contributed by atoms with Gasteiger partial charge in [0, 0.05) is 44.9 Å². The monoisotopic (exact) mass is 433 g/mol. The van der Waals surface area contributed by atoms with E-state index in [0.717, 1.165) is 19.3 Å². The van der Waals surface area contributed by atoms with Crippen LogP contribution in [-0.4, -0.2) is 74.8 Å². The number of carbonyl (C=O) groups excluding carboxylic acids is 3. The lowest BCUT2D eigenvalue weighted by atomic mass is 9.90. The first-order chi connectivity index (χ1) is 14.6. The van der Waals surface area contributed by atoms with Gasteiger partial charge >= 0.3 is 0 Å². The lowest BCUT2D eigenvalue weighted by Gasteiger charge is -2.37. The molecular formula is C22H35N5O4. The van der Waals surface area contributed by atoms with E-state index in [4.69, 9.17) is 4.52 Å². The first kappa shape index (κ1) is 23.2. The summed E-state index contributed by atoms with van der Waals surface area (Å²) < 4.78 is 5.15. The molecule has 31 heavy (non-hydrogen) atoms. The van der Waals surface area contributed by atoms with Crippen molar-refractivity contribution in [1.82, 2.24) is 24.8 Å². The SMILES string of the molecule is CCc1nc(CN(C(C)=O)[C@@H]2CCN(C(=O)[C@H]3CCCN(C(=O)C(C)(C)C)C3)C2)no1. The maximum absolute atomic E-state index is 13.2. The second kappa shape index (κ2) is 9.36. The molecule has 0 unspecified atom stereocenters. The van der Waals surface area contributed by atoms with Crippen molar-refractivity contribution in [2.45, 2.75) is 72.9 Å². The van der Waals surface area contributed by atoms with Crippen LogP contribution in [0.5, 0.6) is 0 Å². The Hall–Kier alpha value is -2.45. The van der Waals surface area contributed by atoms with Crippen molar-refractivity contribution in [3.05, 3.63) is 11.7 Å². The number of hydrogen-bond acceptors (Lipinski definition) is 6. The summed E-state index contributed by atoms with van der Waals surface area (Å²) in [5, 5.41) is 3.95. The van der Waals surface area contributed by atoms with Crippen molar-refractivity contribution < 1.29 is 18.9 Å². The van der Waals surface area contributed by atoms with E-state index in [2.05, 4.69) is 10.1 Å². The van der Waals surface area contributed by atoms with Gasteiger partial charge in [-0.25, -0.2) is 0 Å². The molecule has 0 spiro atoms. The number of hydrogen-bond donors (Lipinski definition) is 0. The minimum Gasteiger partial charge on any atom is -0.341 e. The van der Waals surface area contributed by atoms with Crippen LogP contribution in [0.15, 0.2) is 4.52 Å². The molecule has 2 saturated heterocycles. The molecule has 2 aliphatic rings. The van der Waals surface area contributed by atoms with Gasteiger partial charge in [-0.3, -0.25) is 14.4 Å². The number of piperidine rings is 1. The summed E-state index contributed by atoms with van der Waals surface area (Å²) in [6.45, 7) is 11.8. The lowest BCUT2D eigenvalue weighted by molar-refractivity contribution is -0.145. The summed E-state index contributed by atoms with van der Waals surface area (Å²) in [5.74, 6) is 0.980. The maximum Gasteiger partial charge on any atom is 0.227 e. The molecule has 2 aliphatic heterocycles. The molecule has 9 nitrogen and oxygen atoms in total. The van der Waals surface area contributed by atoms with Crippen molar-refractivity contribution >= 4 is 17.7 Å². The van der Waals surface area contributed by atoms with Gasteiger partial charge in [0.1, 0.15) is 0 Å². The highest BCUT2D eigenvalue weighted by Crippen LogP contribution is 2.27. The average Bonchev–Trinajstić information content (AvgIpc) is 3.39. The van der Waals surface area contributed by atoms with E-state index >= 15 is 0 Å². The molecule has 2 fully saturated rings. The number of aryl methyl sites for hydroxylation is 1. The van der Waals surface area contributed by atoms with E-state index in [1.54, 1.807) is 4.90 Å². The predicted molar refractivity (Wildman–Crippen MR) is 114 cm³/mol. The van der Waals surface area contributed by atoms with Crippen LogP contribution in [0.1, 0.15) is 65.6 Å². The van der Waals surface area contributed by atoms with Crippen molar-refractivity contribution in [2.75, 3.05) is 26.2 Å². The van der Waals surface area contributed by atoms with Crippen molar-refractivity contribution in [3.8, 4) is 0 Å². The highest BCUT2D eigenvalue weighted by atomic mass is 16.5. The van der Waals surface area contributed by atoms with Crippen molar-refractivity contribution in [3.63, 3.8) is 0 Å². The molecule has 3 rings (SSSR count). The Kier molecular flexibility index (Phi) is 7.01. The van der Waals surface area contributed by atoms with Crippen LogP contribution in [0.25, 0.3) is 0 Å². The van der Waals surface area contributed by atoms with E-state index in [0.29, 0.717) is 44.3 Å². The normalized spacial score (nSPS) is 22.0. The minimum atomic E-state index is -0.446. The molecule has 0 saturated carbocycles. The van der Waals surface area contributed by atoms with Gasteiger partial charge in [-0.1, -0.05) is 32.9 Å². The second-order valence-electron chi connectivity index (χ2n) is 9.67. The average molecular weight is 434 g/mol. The summed E-state index contributed by atoms with van der Waals surface area (Å²) in [4.78, 5) is 47.9. The number of amides is 3. The first-order valence-electron chi connectivity index (χ1n) is 11.3. The fourth-order valence-electron chi connectivity index (χ4n) is 4.44. The van der Waals surface area contributed by atoms with E-state index in [1.165, 1.54) is 6.92 Å². The van der Waals surface area contributed by atoms with Crippen LogP contribution < -0.4 is 0 Å². The Balaban J connectivity index is 1.61. The zero-order valence-electron chi connectivity index (χ0n) is 19.4. The highest BCUT2D eigenvalue weighted by Gasteiger charge is 2.38. The van der Waals surface area contributed by atoms with E-state index < -0.39 is 5.41 Å². The van der Waals surface area contributed by atoms with Gasteiger partial charge in [-0.15, -0.1) is 0 Å². The Morgan fingerprint density at radius 2 is 1.87 bits per heavy atom. The Morgan fingerprint density at radius 3 is 2.48 bits per heavy atom. The van der Waals surface area contributed by atoms with E-state index in [-0.39, 0.29) is 36.2 Å². The molecular weight excluding hydrogens is 398 g/mol. The highest BCUT2D eigenvalue weighted by molar-refractivity contribution is 5.84. The van der Waals surface area contributed by atoms with Gasteiger partial charge in [-0.2, -0.15) is 4.98 Å². The van der Waals surface area contributed by atoms with Gasteiger partial charge in [0.25, 0.3) is 0 Å². The van der Waals surface area contributed by atoms with Crippen LogP contribution in [0.2, 0.25) is 0 Å². The molecule has 2 atom stereocenters. The molecule has 0 aliphatic carbocycles. The third kappa shape index (κ3) is 5.43. The molecule has 1 aromatic rings. The van der Waals surface area contributed by atoms with Gasteiger partial charge in [0.15, 0.2) is 5.82 Å². The predicted octanol–water partition coefficient (Wildman–Crippen LogP) is 1.87. The Bertz CT molecular complexity index is 815. The van der Waals surface area contributed by atoms with Crippen molar-refractivity contribution in [2.24, 2.45) is 11.3 Å². The van der Waals surface area contributed by atoms with E-state index in [9.17, 15) is 14.4 Å². The van der Waals surface area contributed by atoms with Crippen LogP contribution in [0.4, 0.5) is 0 Å². The van der Waals surface area contributed by atoms with Gasteiger partial charge in [-0.05, 0) is 19.3 Å². The van der Waals surface area contributed by atoms with E-state index in [1.807, 2.05) is 37.5 Å². The van der Waals surface area contributed by atoms with Gasteiger partial charge in [0.2, 0.25) is 23.6 Å². The van der Waals surface area contributed by atoms with Crippen LogP contribution >= 0.6 is 0 Å². The number of likely N-dealkylation sites (tertiary alicyclic amines) is 2. The zero-order valence-corrected chi connectivity index (χ0v) is 19.4. The quantitative estimate of drug-likeness (QED) is 0.703. The maximum atomic E-state index is 13.2. The van der Waals surface area contributed by atoms with Crippen molar-refractivity contribution in [1.29, 1.82) is 0 Å². The smallest absolute Gasteiger partial charge is 0.227 e. The number of nitrogens with zero attached hydrogens (tertiary/aromatic N) is 5. The molecule has 172 valence electrons. The molecule has 3 amide bonds. The lowest BCUT2D eigenvalue weighted by Crippen LogP contribution is -2.49. The third-order valence-electron chi connectivity index (χ3n) is 6.14. The summed E-state index contributed by atoms with van der Waals surface area (Å²) in [6.07, 6.45) is 3.01. The van der Waals surface area contributed by atoms with Crippen LogP contribution in [0.3, 0.4) is 0 Å². The largest absolute Gasteiger partial charge is 0.341 e. The molecule has 0 radical (unpaired) electrons.